The highest BCUT2D eigenvalue weighted by atomic mass is 19.4. The molecule has 1 aromatic rings. The molecule has 20 heavy (non-hydrogen) atoms. The van der Waals surface area contributed by atoms with Crippen molar-refractivity contribution < 1.29 is 17.9 Å². The molecular formula is C13H18F3N3O. The van der Waals surface area contributed by atoms with E-state index in [1.165, 1.54) is 0 Å². The lowest BCUT2D eigenvalue weighted by Gasteiger charge is -2.30. The number of nitrogens with zero attached hydrogens (tertiary/aromatic N) is 2. The Morgan fingerprint density at radius 2 is 1.95 bits per heavy atom. The molecule has 0 amide bonds. The molecule has 0 aromatic carbocycles. The lowest BCUT2D eigenvalue weighted by Crippen LogP contribution is -2.31. The highest BCUT2D eigenvalue weighted by Gasteiger charge is 2.33. The number of alkyl halides is 3. The highest BCUT2D eigenvalue weighted by Crippen LogP contribution is 2.30. The van der Waals surface area contributed by atoms with Crippen molar-refractivity contribution in [2.45, 2.75) is 31.9 Å². The van der Waals surface area contributed by atoms with Crippen LogP contribution in [0.4, 0.5) is 13.2 Å². The Hall–Kier alpha value is -1.37. The van der Waals surface area contributed by atoms with Crippen molar-refractivity contribution in [1.29, 1.82) is 0 Å². The molecular weight excluding hydrogens is 271 g/mol. The van der Waals surface area contributed by atoms with Gasteiger partial charge in [0.1, 0.15) is 0 Å². The first-order chi connectivity index (χ1) is 9.50. The summed E-state index contributed by atoms with van der Waals surface area (Å²) in [5.74, 6) is 0.640. The Kier molecular flexibility index (Phi) is 4.80. The van der Waals surface area contributed by atoms with Gasteiger partial charge in [-0.25, -0.2) is 4.98 Å². The van der Waals surface area contributed by atoms with Gasteiger partial charge in [-0.1, -0.05) is 12.8 Å². The topological polar surface area (TPSA) is 61.0 Å². The summed E-state index contributed by atoms with van der Waals surface area (Å²) in [6.07, 6.45) is 0.874. The summed E-state index contributed by atoms with van der Waals surface area (Å²) < 4.78 is 42.9. The number of hydrogen-bond acceptors (Lipinski definition) is 4. The van der Waals surface area contributed by atoms with E-state index in [4.69, 9.17) is 10.5 Å². The van der Waals surface area contributed by atoms with Crippen LogP contribution < -0.4 is 10.5 Å². The van der Waals surface area contributed by atoms with E-state index >= 15 is 0 Å². The molecule has 112 valence electrons. The zero-order valence-electron chi connectivity index (χ0n) is 11.1. The van der Waals surface area contributed by atoms with Gasteiger partial charge >= 0.3 is 12.2 Å². The third-order valence-corrected chi connectivity index (χ3v) is 3.72. The summed E-state index contributed by atoms with van der Waals surface area (Å²) in [5.41, 5.74) is 4.72. The number of aromatic nitrogens is 2. The molecule has 2 atom stereocenters. The van der Waals surface area contributed by atoms with Gasteiger partial charge in [0.15, 0.2) is 5.69 Å². The number of rotatable bonds is 4. The van der Waals surface area contributed by atoms with Gasteiger partial charge < -0.3 is 10.5 Å². The molecule has 1 saturated carbocycles. The second-order valence-corrected chi connectivity index (χ2v) is 5.07. The zero-order valence-corrected chi connectivity index (χ0v) is 11.1. The highest BCUT2D eigenvalue weighted by molar-refractivity contribution is 5.08. The summed E-state index contributed by atoms with van der Waals surface area (Å²) in [4.78, 5) is 7.11. The van der Waals surface area contributed by atoms with Crippen molar-refractivity contribution in [3.8, 4) is 6.01 Å². The smallest absolute Gasteiger partial charge is 0.433 e. The fraction of sp³-hybridized carbons (Fsp3) is 0.692. The fourth-order valence-corrected chi connectivity index (χ4v) is 2.56. The number of halogens is 3. The molecule has 1 fully saturated rings. The van der Waals surface area contributed by atoms with Gasteiger partial charge in [-0.05, 0) is 37.3 Å². The first-order valence-electron chi connectivity index (χ1n) is 6.74. The maximum absolute atomic E-state index is 12.5. The van der Waals surface area contributed by atoms with Crippen LogP contribution in [0.25, 0.3) is 0 Å². The average molecular weight is 289 g/mol. The molecule has 2 N–H and O–H groups in total. The van der Waals surface area contributed by atoms with Crippen LogP contribution >= 0.6 is 0 Å². The second-order valence-electron chi connectivity index (χ2n) is 5.07. The molecule has 4 nitrogen and oxygen atoms in total. The molecule has 7 heteroatoms. The second kappa shape index (κ2) is 6.39. The zero-order chi connectivity index (χ0) is 14.6. The maximum atomic E-state index is 12.5. The predicted molar refractivity (Wildman–Crippen MR) is 67.0 cm³/mol. The van der Waals surface area contributed by atoms with Crippen LogP contribution in [-0.4, -0.2) is 23.1 Å². The third-order valence-electron chi connectivity index (χ3n) is 3.72. The molecule has 1 aromatic heterocycles. The average Bonchev–Trinajstić information content (AvgIpc) is 2.45. The first kappa shape index (κ1) is 15.0. The minimum Gasteiger partial charge on any atom is -0.463 e. The quantitative estimate of drug-likeness (QED) is 0.925. The van der Waals surface area contributed by atoms with Crippen LogP contribution in [0.15, 0.2) is 12.3 Å². The normalized spacial score (nSPS) is 23.6. The van der Waals surface area contributed by atoms with Gasteiger partial charge in [0.25, 0.3) is 0 Å². The third kappa shape index (κ3) is 3.82. The van der Waals surface area contributed by atoms with Gasteiger partial charge in [0.2, 0.25) is 0 Å². The molecule has 1 aliphatic rings. The van der Waals surface area contributed by atoms with E-state index in [-0.39, 0.29) is 11.9 Å². The molecule has 2 unspecified atom stereocenters. The van der Waals surface area contributed by atoms with E-state index in [0.717, 1.165) is 37.9 Å². The van der Waals surface area contributed by atoms with Gasteiger partial charge in [-0.3, -0.25) is 0 Å². The van der Waals surface area contributed by atoms with Crippen molar-refractivity contribution in [2.75, 3.05) is 13.2 Å². The lowest BCUT2D eigenvalue weighted by atomic mass is 9.80. The van der Waals surface area contributed by atoms with E-state index in [9.17, 15) is 13.2 Å². The molecule has 0 aliphatic heterocycles. The Morgan fingerprint density at radius 3 is 2.60 bits per heavy atom. The number of nitrogens with two attached hydrogens (primary N) is 1. The van der Waals surface area contributed by atoms with Crippen LogP contribution in [0.5, 0.6) is 6.01 Å². The van der Waals surface area contributed by atoms with E-state index in [1.54, 1.807) is 0 Å². The Balaban J connectivity index is 1.96. The van der Waals surface area contributed by atoms with Crippen LogP contribution in [0.1, 0.15) is 31.4 Å². The summed E-state index contributed by atoms with van der Waals surface area (Å²) in [6.45, 7) is 0.903. The van der Waals surface area contributed by atoms with Crippen molar-refractivity contribution in [1.82, 2.24) is 9.97 Å². The Bertz CT molecular complexity index is 439. The molecule has 0 bridgehead atoms. The molecule has 1 aliphatic carbocycles. The monoisotopic (exact) mass is 289 g/mol. The van der Waals surface area contributed by atoms with E-state index in [1.807, 2.05) is 0 Å². The van der Waals surface area contributed by atoms with Crippen molar-refractivity contribution in [2.24, 2.45) is 17.6 Å². The van der Waals surface area contributed by atoms with E-state index in [0.29, 0.717) is 19.1 Å². The molecule has 0 saturated heterocycles. The summed E-state index contributed by atoms with van der Waals surface area (Å²) in [6, 6.07) is 0.608. The summed E-state index contributed by atoms with van der Waals surface area (Å²) >= 11 is 0. The molecule has 2 rings (SSSR count). The number of ether oxygens (including phenoxy) is 1. The molecule has 0 radical (unpaired) electrons. The van der Waals surface area contributed by atoms with Crippen molar-refractivity contribution in [3.05, 3.63) is 18.0 Å². The SMILES string of the molecule is NCC1CCCCC1COc1nccc(C(F)(F)F)n1. The lowest BCUT2D eigenvalue weighted by molar-refractivity contribution is -0.141. The summed E-state index contributed by atoms with van der Waals surface area (Å²) in [7, 11) is 0. The Morgan fingerprint density at radius 1 is 1.25 bits per heavy atom. The van der Waals surface area contributed by atoms with Gasteiger partial charge in [0, 0.05) is 6.20 Å². The van der Waals surface area contributed by atoms with Crippen molar-refractivity contribution in [3.63, 3.8) is 0 Å². The minimum absolute atomic E-state index is 0.221. The van der Waals surface area contributed by atoms with Crippen molar-refractivity contribution >= 4 is 0 Å². The Labute approximate surface area is 115 Å². The minimum atomic E-state index is -4.48. The largest absolute Gasteiger partial charge is 0.463 e. The van der Waals surface area contributed by atoms with E-state index < -0.39 is 11.9 Å². The van der Waals surface area contributed by atoms with E-state index in [2.05, 4.69) is 9.97 Å². The molecule has 0 spiro atoms. The van der Waals surface area contributed by atoms with Crippen LogP contribution in [0.3, 0.4) is 0 Å². The first-order valence-corrected chi connectivity index (χ1v) is 6.74. The van der Waals surface area contributed by atoms with Crippen LogP contribution in [0.2, 0.25) is 0 Å². The maximum Gasteiger partial charge on any atom is 0.433 e. The standard InChI is InChI=1S/C13H18F3N3O/c14-13(15,16)11-5-6-18-12(19-11)20-8-10-4-2-1-3-9(10)7-17/h5-6,9-10H,1-4,7-8,17H2. The van der Waals surface area contributed by atoms with Crippen LogP contribution in [-0.2, 0) is 6.18 Å². The fourth-order valence-electron chi connectivity index (χ4n) is 2.56. The molecule has 1 heterocycles. The van der Waals surface area contributed by atoms with Gasteiger partial charge in [-0.15, -0.1) is 0 Å². The van der Waals surface area contributed by atoms with Gasteiger partial charge in [0.05, 0.1) is 6.61 Å². The van der Waals surface area contributed by atoms with Crippen LogP contribution in [0, 0.1) is 11.8 Å². The van der Waals surface area contributed by atoms with Gasteiger partial charge in [-0.2, -0.15) is 18.2 Å². The summed E-state index contributed by atoms with van der Waals surface area (Å²) in [5, 5.41) is 0. The predicted octanol–water partition coefficient (Wildman–Crippen LogP) is 2.64. The number of hydrogen-bond donors (Lipinski definition) is 1.